The van der Waals surface area contributed by atoms with Gasteiger partial charge in [0.15, 0.2) is 0 Å². The molecule has 0 saturated carbocycles. The molecule has 0 spiro atoms. The maximum absolute atomic E-state index is 12.1. The number of nitro benzene ring substituents is 1. The van der Waals surface area contributed by atoms with Crippen LogP contribution in [0, 0.1) is 10.1 Å². The van der Waals surface area contributed by atoms with Crippen molar-refractivity contribution in [1.82, 2.24) is 14.5 Å². The molecule has 21 heavy (non-hydrogen) atoms. The van der Waals surface area contributed by atoms with Crippen LogP contribution in [0.1, 0.15) is 5.56 Å². The summed E-state index contributed by atoms with van der Waals surface area (Å²) in [6.45, 7) is 0.0343. The number of hydrogen-bond acceptors (Lipinski definition) is 5. The van der Waals surface area contributed by atoms with Crippen LogP contribution < -0.4 is 4.72 Å². The zero-order valence-corrected chi connectivity index (χ0v) is 12.4. The number of nitrogens with zero attached hydrogens (tertiary/aromatic N) is 3. The lowest BCUT2D eigenvalue weighted by Gasteiger charge is -2.06. The maximum atomic E-state index is 12.1. The van der Waals surface area contributed by atoms with Gasteiger partial charge in [0.25, 0.3) is 5.69 Å². The molecule has 1 aromatic carbocycles. The number of hydrogen-bond donors (Lipinski definition) is 1. The monoisotopic (exact) mass is 330 g/mol. The standard InChI is InChI=1S/C11H11ClN4O4S/c1-15-7-8(5-13-15)6-14-21(19,20)9-2-3-10(12)11(4-9)16(17)18/h2-5,7,14H,6H2,1H3. The Morgan fingerprint density at radius 2 is 2.19 bits per heavy atom. The van der Waals surface area contributed by atoms with E-state index in [0.29, 0.717) is 5.56 Å². The van der Waals surface area contributed by atoms with Crippen LogP contribution in [0.5, 0.6) is 0 Å². The molecule has 0 aliphatic rings. The van der Waals surface area contributed by atoms with Gasteiger partial charge in [-0.15, -0.1) is 0 Å². The van der Waals surface area contributed by atoms with Gasteiger partial charge in [-0.05, 0) is 12.1 Å². The van der Waals surface area contributed by atoms with Crippen LogP contribution in [-0.2, 0) is 23.6 Å². The van der Waals surface area contributed by atoms with E-state index in [-0.39, 0.29) is 16.5 Å². The zero-order valence-electron chi connectivity index (χ0n) is 10.9. The summed E-state index contributed by atoms with van der Waals surface area (Å²) >= 11 is 5.65. The molecular weight excluding hydrogens is 320 g/mol. The van der Waals surface area contributed by atoms with Crippen LogP contribution in [0.15, 0.2) is 35.5 Å². The highest BCUT2D eigenvalue weighted by molar-refractivity contribution is 7.89. The Morgan fingerprint density at radius 3 is 2.76 bits per heavy atom. The zero-order chi connectivity index (χ0) is 15.6. The van der Waals surface area contributed by atoms with E-state index in [9.17, 15) is 18.5 Å². The number of nitro groups is 1. The average Bonchev–Trinajstić information content (AvgIpc) is 2.82. The van der Waals surface area contributed by atoms with E-state index in [0.717, 1.165) is 6.07 Å². The third-order valence-electron chi connectivity index (χ3n) is 2.65. The van der Waals surface area contributed by atoms with Gasteiger partial charge in [0, 0.05) is 31.4 Å². The topological polar surface area (TPSA) is 107 Å². The van der Waals surface area contributed by atoms with Gasteiger partial charge < -0.3 is 0 Å². The van der Waals surface area contributed by atoms with Crippen molar-refractivity contribution >= 4 is 27.3 Å². The number of rotatable bonds is 5. The number of benzene rings is 1. The van der Waals surface area contributed by atoms with Crippen molar-refractivity contribution in [2.75, 3.05) is 0 Å². The molecule has 0 amide bonds. The van der Waals surface area contributed by atoms with Gasteiger partial charge in [-0.3, -0.25) is 14.8 Å². The molecular formula is C11H11ClN4O4S. The van der Waals surface area contributed by atoms with Crippen molar-refractivity contribution in [3.63, 3.8) is 0 Å². The fourth-order valence-corrected chi connectivity index (χ4v) is 2.85. The highest BCUT2D eigenvalue weighted by Gasteiger charge is 2.20. The summed E-state index contributed by atoms with van der Waals surface area (Å²) in [5.74, 6) is 0. The second kappa shape index (κ2) is 5.80. The van der Waals surface area contributed by atoms with Crippen LogP contribution in [0.3, 0.4) is 0 Å². The summed E-state index contributed by atoms with van der Waals surface area (Å²) in [6, 6.07) is 3.31. The van der Waals surface area contributed by atoms with Crippen LogP contribution in [-0.4, -0.2) is 23.1 Å². The molecule has 0 atom stereocenters. The Kier molecular flexibility index (Phi) is 4.26. The predicted molar refractivity (Wildman–Crippen MR) is 75.3 cm³/mol. The maximum Gasteiger partial charge on any atom is 0.289 e. The number of nitrogens with one attached hydrogen (secondary N) is 1. The van der Waals surface area contributed by atoms with Gasteiger partial charge in [-0.25, -0.2) is 13.1 Å². The van der Waals surface area contributed by atoms with Gasteiger partial charge in [-0.1, -0.05) is 11.6 Å². The fourth-order valence-electron chi connectivity index (χ4n) is 1.62. The molecule has 0 aliphatic heterocycles. The molecule has 0 fully saturated rings. The molecule has 0 radical (unpaired) electrons. The molecule has 10 heteroatoms. The Balaban J connectivity index is 2.23. The van der Waals surface area contributed by atoms with Crippen LogP contribution in [0.4, 0.5) is 5.69 Å². The molecule has 0 bridgehead atoms. The summed E-state index contributed by atoms with van der Waals surface area (Å²) in [5.41, 5.74) is 0.213. The largest absolute Gasteiger partial charge is 0.289 e. The van der Waals surface area contributed by atoms with Gasteiger partial charge in [0.2, 0.25) is 10.0 Å². The van der Waals surface area contributed by atoms with E-state index in [4.69, 9.17) is 11.6 Å². The van der Waals surface area contributed by atoms with E-state index < -0.39 is 20.6 Å². The lowest BCUT2D eigenvalue weighted by Crippen LogP contribution is -2.23. The van der Waals surface area contributed by atoms with E-state index in [1.54, 1.807) is 13.2 Å². The number of aromatic nitrogens is 2. The third-order valence-corrected chi connectivity index (χ3v) is 4.37. The summed E-state index contributed by atoms with van der Waals surface area (Å²) in [5, 5.41) is 14.6. The van der Waals surface area contributed by atoms with Crippen molar-refractivity contribution < 1.29 is 13.3 Å². The van der Waals surface area contributed by atoms with Crippen molar-refractivity contribution in [2.24, 2.45) is 7.05 Å². The quantitative estimate of drug-likeness (QED) is 0.659. The second-order valence-corrected chi connectivity index (χ2v) is 6.39. The molecule has 0 aliphatic carbocycles. The summed E-state index contributed by atoms with van der Waals surface area (Å²) in [7, 11) is -2.16. The van der Waals surface area contributed by atoms with Crippen LogP contribution in [0.2, 0.25) is 5.02 Å². The van der Waals surface area contributed by atoms with Gasteiger partial charge >= 0.3 is 0 Å². The van der Waals surface area contributed by atoms with Crippen molar-refractivity contribution in [3.8, 4) is 0 Å². The number of halogens is 1. The first-order chi connectivity index (χ1) is 9.79. The molecule has 2 rings (SSSR count). The van der Waals surface area contributed by atoms with Crippen LogP contribution >= 0.6 is 11.6 Å². The number of sulfonamides is 1. The SMILES string of the molecule is Cn1cc(CNS(=O)(=O)c2ccc(Cl)c([N+](=O)[O-])c2)cn1. The lowest BCUT2D eigenvalue weighted by molar-refractivity contribution is -0.384. The summed E-state index contributed by atoms with van der Waals surface area (Å²) < 4.78 is 28.1. The summed E-state index contributed by atoms with van der Waals surface area (Å²) in [6.07, 6.45) is 3.18. The molecule has 112 valence electrons. The van der Waals surface area contributed by atoms with E-state index in [1.807, 2.05) is 0 Å². The highest BCUT2D eigenvalue weighted by Crippen LogP contribution is 2.27. The molecule has 1 aromatic heterocycles. The van der Waals surface area contributed by atoms with Crippen molar-refractivity contribution in [2.45, 2.75) is 11.4 Å². The Hall–Kier alpha value is -1.97. The Bertz CT molecular complexity index is 787. The normalized spacial score (nSPS) is 11.5. The fraction of sp³-hybridized carbons (Fsp3) is 0.182. The first-order valence-corrected chi connectivity index (χ1v) is 7.57. The Labute approximate surface area is 125 Å². The minimum Gasteiger partial charge on any atom is -0.275 e. The minimum atomic E-state index is -3.87. The first kappa shape index (κ1) is 15.4. The molecule has 0 saturated heterocycles. The molecule has 1 N–H and O–H groups in total. The second-order valence-electron chi connectivity index (χ2n) is 4.22. The Morgan fingerprint density at radius 1 is 1.48 bits per heavy atom. The molecule has 0 unspecified atom stereocenters. The highest BCUT2D eigenvalue weighted by atomic mass is 35.5. The van der Waals surface area contributed by atoms with Crippen molar-refractivity contribution in [1.29, 1.82) is 0 Å². The van der Waals surface area contributed by atoms with Gasteiger partial charge in [0.1, 0.15) is 5.02 Å². The average molecular weight is 331 g/mol. The number of aryl methyl sites for hydroxylation is 1. The minimum absolute atomic E-state index is 0.0343. The smallest absolute Gasteiger partial charge is 0.275 e. The van der Waals surface area contributed by atoms with Gasteiger partial charge in [-0.2, -0.15) is 5.10 Å². The van der Waals surface area contributed by atoms with E-state index >= 15 is 0 Å². The van der Waals surface area contributed by atoms with E-state index in [1.165, 1.54) is 23.0 Å². The molecule has 8 nitrogen and oxygen atoms in total. The van der Waals surface area contributed by atoms with Gasteiger partial charge in [0.05, 0.1) is 16.0 Å². The molecule has 1 heterocycles. The van der Waals surface area contributed by atoms with E-state index in [2.05, 4.69) is 9.82 Å². The first-order valence-electron chi connectivity index (χ1n) is 5.71. The summed E-state index contributed by atoms with van der Waals surface area (Å²) in [4.78, 5) is 9.82. The third kappa shape index (κ3) is 3.57. The van der Waals surface area contributed by atoms with Crippen molar-refractivity contribution in [3.05, 3.63) is 51.3 Å². The molecule has 2 aromatic rings. The predicted octanol–water partition coefficient (Wildman–Crippen LogP) is 1.46. The lowest BCUT2D eigenvalue weighted by atomic mass is 10.3. The van der Waals surface area contributed by atoms with Crippen LogP contribution in [0.25, 0.3) is 0 Å².